The summed E-state index contributed by atoms with van der Waals surface area (Å²) in [4.78, 5) is 24.4. The molecule has 0 aliphatic heterocycles. The first-order valence-electron chi connectivity index (χ1n) is 9.60. The molecule has 4 aromatic rings. The number of fused-ring (bicyclic) bond motifs is 1. The largest absolute Gasteiger partial charge is 0.508 e. The number of ketones is 1. The van der Waals surface area contributed by atoms with E-state index in [1.165, 1.54) is 35.6 Å². The minimum absolute atomic E-state index is 0.0776. The number of carboxylic acid groups (broad SMARTS) is 1. The highest BCUT2D eigenvalue weighted by molar-refractivity contribution is 7.21. The predicted molar refractivity (Wildman–Crippen MR) is 123 cm³/mol. The molecule has 32 heavy (non-hydrogen) atoms. The van der Waals surface area contributed by atoms with Crippen LogP contribution in [0.5, 0.6) is 23.0 Å². The molecule has 0 atom stereocenters. The molecule has 0 fully saturated rings. The van der Waals surface area contributed by atoms with Crippen molar-refractivity contribution < 1.29 is 29.6 Å². The molecule has 160 valence electrons. The summed E-state index contributed by atoms with van der Waals surface area (Å²) in [7, 11) is 0. The Morgan fingerprint density at radius 3 is 2.31 bits per heavy atom. The smallest absolute Gasteiger partial charge is 0.328 e. The lowest BCUT2D eigenvalue weighted by molar-refractivity contribution is -0.131. The van der Waals surface area contributed by atoms with E-state index < -0.39 is 5.97 Å². The third kappa shape index (κ3) is 4.33. The summed E-state index contributed by atoms with van der Waals surface area (Å²) in [6.07, 6.45) is 2.52. The molecule has 0 radical (unpaired) electrons. The number of phenolic OH excluding ortho intramolecular Hbond substituents is 2. The van der Waals surface area contributed by atoms with Crippen molar-refractivity contribution in [2.24, 2.45) is 0 Å². The highest BCUT2D eigenvalue weighted by atomic mass is 32.1. The zero-order chi connectivity index (χ0) is 22.8. The van der Waals surface area contributed by atoms with E-state index in [4.69, 9.17) is 9.84 Å². The monoisotopic (exact) mass is 446 g/mol. The van der Waals surface area contributed by atoms with Gasteiger partial charge in [0.2, 0.25) is 5.78 Å². The summed E-state index contributed by atoms with van der Waals surface area (Å²) in [5.41, 5.74) is 1.77. The van der Waals surface area contributed by atoms with Gasteiger partial charge in [0.05, 0.1) is 0 Å². The first-order chi connectivity index (χ1) is 15.3. The van der Waals surface area contributed by atoms with Crippen LogP contribution in [0.1, 0.15) is 26.4 Å². The van der Waals surface area contributed by atoms with Gasteiger partial charge in [-0.3, -0.25) is 4.79 Å². The minimum Gasteiger partial charge on any atom is -0.508 e. The van der Waals surface area contributed by atoms with Gasteiger partial charge in [0.15, 0.2) is 5.75 Å². The topological polar surface area (TPSA) is 104 Å². The van der Waals surface area contributed by atoms with Crippen LogP contribution in [-0.2, 0) is 4.79 Å². The maximum Gasteiger partial charge on any atom is 0.328 e. The SMILES string of the molecule is Cc1cc(O)ccc1C(=O)c1sc2cc(O)ccc2c1Oc1ccc(/C=C/C(=O)O)cc1. The van der Waals surface area contributed by atoms with Crippen molar-refractivity contribution in [3.05, 3.63) is 88.3 Å². The number of ether oxygens (including phenoxy) is 1. The Hall–Kier alpha value is -4.10. The molecule has 0 amide bonds. The number of carboxylic acids is 1. The van der Waals surface area contributed by atoms with Crippen molar-refractivity contribution in [2.45, 2.75) is 6.92 Å². The highest BCUT2D eigenvalue weighted by Gasteiger charge is 2.23. The second kappa shape index (κ2) is 8.56. The average Bonchev–Trinajstić information content (AvgIpc) is 3.10. The molecular formula is C25H18O6S. The van der Waals surface area contributed by atoms with E-state index in [0.717, 1.165) is 6.08 Å². The molecule has 1 heterocycles. The van der Waals surface area contributed by atoms with Crippen molar-refractivity contribution in [2.75, 3.05) is 0 Å². The van der Waals surface area contributed by atoms with E-state index in [9.17, 15) is 19.8 Å². The molecule has 3 aromatic carbocycles. The lowest BCUT2D eigenvalue weighted by Gasteiger charge is -2.09. The van der Waals surface area contributed by atoms with E-state index in [-0.39, 0.29) is 17.3 Å². The van der Waals surface area contributed by atoms with Crippen LogP contribution < -0.4 is 4.74 Å². The fourth-order valence-corrected chi connectivity index (χ4v) is 4.39. The van der Waals surface area contributed by atoms with Crippen molar-refractivity contribution in [1.82, 2.24) is 0 Å². The fourth-order valence-electron chi connectivity index (χ4n) is 3.27. The van der Waals surface area contributed by atoms with Crippen LogP contribution in [0, 0.1) is 6.92 Å². The Morgan fingerprint density at radius 1 is 0.938 bits per heavy atom. The summed E-state index contributed by atoms with van der Waals surface area (Å²) < 4.78 is 6.80. The molecule has 0 bridgehead atoms. The molecule has 7 heteroatoms. The number of benzene rings is 3. The number of phenols is 2. The Kier molecular flexibility index (Phi) is 5.66. The lowest BCUT2D eigenvalue weighted by Crippen LogP contribution is -2.03. The van der Waals surface area contributed by atoms with E-state index >= 15 is 0 Å². The maximum atomic E-state index is 13.4. The average molecular weight is 446 g/mol. The summed E-state index contributed by atoms with van der Waals surface area (Å²) in [6.45, 7) is 1.75. The molecule has 6 nitrogen and oxygen atoms in total. The Bertz CT molecular complexity index is 1370. The molecule has 4 rings (SSSR count). The number of thiophene rings is 1. The van der Waals surface area contributed by atoms with Crippen molar-refractivity contribution in [3.63, 3.8) is 0 Å². The second-order valence-electron chi connectivity index (χ2n) is 7.11. The lowest BCUT2D eigenvalue weighted by atomic mass is 10.0. The number of hydrogen-bond donors (Lipinski definition) is 3. The number of carbonyl (C=O) groups is 2. The first kappa shape index (κ1) is 21.1. The van der Waals surface area contributed by atoms with Gasteiger partial charge in [-0.1, -0.05) is 12.1 Å². The van der Waals surface area contributed by atoms with Gasteiger partial charge in [-0.15, -0.1) is 11.3 Å². The molecule has 0 aliphatic carbocycles. The zero-order valence-electron chi connectivity index (χ0n) is 16.9. The van der Waals surface area contributed by atoms with Crippen molar-refractivity contribution in [3.8, 4) is 23.0 Å². The Morgan fingerprint density at radius 2 is 1.62 bits per heavy atom. The van der Waals surface area contributed by atoms with Gasteiger partial charge in [-0.25, -0.2) is 4.79 Å². The number of aliphatic carboxylic acids is 1. The van der Waals surface area contributed by atoms with E-state index in [1.807, 2.05) is 0 Å². The van der Waals surface area contributed by atoms with E-state index in [1.54, 1.807) is 49.4 Å². The van der Waals surface area contributed by atoms with Gasteiger partial charge in [0, 0.05) is 21.7 Å². The molecule has 3 N–H and O–H groups in total. The number of hydrogen-bond acceptors (Lipinski definition) is 6. The second-order valence-corrected chi connectivity index (χ2v) is 8.16. The van der Waals surface area contributed by atoms with Crippen LogP contribution in [-0.4, -0.2) is 27.1 Å². The number of aromatic hydroxyl groups is 2. The van der Waals surface area contributed by atoms with Crippen LogP contribution in [0.2, 0.25) is 0 Å². The van der Waals surface area contributed by atoms with Gasteiger partial charge in [0.1, 0.15) is 22.1 Å². The van der Waals surface area contributed by atoms with Crippen LogP contribution in [0.3, 0.4) is 0 Å². The highest BCUT2D eigenvalue weighted by Crippen LogP contribution is 2.43. The summed E-state index contributed by atoms with van der Waals surface area (Å²) in [5, 5.41) is 29.0. The summed E-state index contributed by atoms with van der Waals surface area (Å²) in [6, 6.07) is 16.1. The molecule has 0 unspecified atom stereocenters. The third-order valence-corrected chi connectivity index (χ3v) is 5.94. The number of aryl methyl sites for hydroxylation is 1. The normalized spacial score (nSPS) is 11.2. The third-order valence-electron chi connectivity index (χ3n) is 4.81. The quantitative estimate of drug-likeness (QED) is 0.258. The number of carbonyl (C=O) groups excluding carboxylic acids is 1. The maximum absolute atomic E-state index is 13.4. The molecule has 0 saturated carbocycles. The van der Waals surface area contributed by atoms with E-state index in [2.05, 4.69) is 0 Å². The summed E-state index contributed by atoms with van der Waals surface area (Å²) >= 11 is 1.21. The molecule has 0 spiro atoms. The minimum atomic E-state index is -1.04. The Balaban J connectivity index is 1.76. The molecule has 0 aliphatic rings. The van der Waals surface area contributed by atoms with Gasteiger partial charge < -0.3 is 20.1 Å². The predicted octanol–water partition coefficient (Wildman–Crippen LogP) is 5.74. The van der Waals surface area contributed by atoms with Gasteiger partial charge in [-0.2, -0.15) is 0 Å². The molecular weight excluding hydrogens is 428 g/mol. The number of rotatable bonds is 6. The van der Waals surface area contributed by atoms with Crippen LogP contribution in [0.25, 0.3) is 16.2 Å². The Labute approximate surface area is 187 Å². The molecule has 1 aromatic heterocycles. The van der Waals surface area contributed by atoms with Gasteiger partial charge >= 0.3 is 5.97 Å². The standard InChI is InChI=1S/C25H18O6S/c1-14-12-16(26)5-9-19(14)23(30)25-24(20-10-6-17(27)13-21(20)32-25)31-18-7-2-15(3-8-18)4-11-22(28)29/h2-13,26-27H,1H3,(H,28,29)/b11-4+. The van der Waals surface area contributed by atoms with Crippen molar-refractivity contribution >= 4 is 39.3 Å². The van der Waals surface area contributed by atoms with E-state index in [0.29, 0.717) is 43.2 Å². The zero-order valence-corrected chi connectivity index (χ0v) is 17.7. The van der Waals surface area contributed by atoms with Crippen LogP contribution >= 0.6 is 11.3 Å². The van der Waals surface area contributed by atoms with Crippen molar-refractivity contribution in [1.29, 1.82) is 0 Å². The van der Waals surface area contributed by atoms with Crippen LogP contribution in [0.4, 0.5) is 0 Å². The van der Waals surface area contributed by atoms with Crippen LogP contribution in [0.15, 0.2) is 66.7 Å². The first-order valence-corrected chi connectivity index (χ1v) is 10.4. The van der Waals surface area contributed by atoms with Gasteiger partial charge in [0.25, 0.3) is 0 Å². The molecule has 0 saturated heterocycles. The summed E-state index contributed by atoms with van der Waals surface area (Å²) in [5.74, 6) is -0.281. The van der Waals surface area contributed by atoms with Gasteiger partial charge in [-0.05, 0) is 72.7 Å². The fraction of sp³-hybridized carbons (Fsp3) is 0.0400.